The molecule has 0 saturated carbocycles. The Morgan fingerprint density at radius 3 is 2.33 bits per heavy atom. The summed E-state index contributed by atoms with van der Waals surface area (Å²) in [5.41, 5.74) is -1.68. The molecule has 1 heterocycles. The molecule has 2 N–H and O–H groups in total. The lowest BCUT2D eigenvalue weighted by Gasteiger charge is -2.37. The zero-order valence-corrected chi connectivity index (χ0v) is 9.43. The van der Waals surface area contributed by atoms with Crippen molar-refractivity contribution in [1.29, 1.82) is 0 Å². The third-order valence-electron chi connectivity index (χ3n) is 2.49. The maximum Gasteiger partial charge on any atom is 0.336 e. The number of carboxylic acids is 1. The summed E-state index contributed by atoms with van der Waals surface area (Å²) in [6.07, 6.45) is 0.164. The van der Waals surface area contributed by atoms with Gasteiger partial charge in [0.15, 0.2) is 5.60 Å². The van der Waals surface area contributed by atoms with Gasteiger partial charge in [-0.3, -0.25) is 4.90 Å². The van der Waals surface area contributed by atoms with Crippen molar-refractivity contribution < 1.29 is 19.7 Å². The zero-order chi connectivity index (χ0) is 11.6. The molecule has 1 rings (SSSR count). The van der Waals surface area contributed by atoms with Crippen LogP contribution in [0.4, 0.5) is 0 Å². The summed E-state index contributed by atoms with van der Waals surface area (Å²) >= 11 is 0. The molecule has 0 spiro atoms. The summed E-state index contributed by atoms with van der Waals surface area (Å²) in [6, 6.07) is 0. The second kappa shape index (κ2) is 4.47. The summed E-state index contributed by atoms with van der Waals surface area (Å²) in [6.45, 7) is 6.67. The topological polar surface area (TPSA) is 70.0 Å². The molecule has 0 aliphatic carbocycles. The Kier molecular flexibility index (Phi) is 3.70. The predicted octanol–water partition coefficient (Wildman–Crippen LogP) is -0.0688. The lowest BCUT2D eigenvalue weighted by molar-refractivity contribution is -0.161. The summed E-state index contributed by atoms with van der Waals surface area (Å²) in [5, 5.41) is 18.4. The minimum absolute atomic E-state index is 0.0818. The van der Waals surface area contributed by atoms with Crippen LogP contribution >= 0.6 is 0 Å². The van der Waals surface area contributed by atoms with Gasteiger partial charge in [-0.1, -0.05) is 0 Å². The van der Waals surface area contributed by atoms with Crippen LogP contribution in [0.5, 0.6) is 0 Å². The minimum atomic E-state index is -1.68. The third kappa shape index (κ3) is 3.44. The number of hydrogen-bond acceptors (Lipinski definition) is 4. The normalized spacial score (nSPS) is 32.3. The van der Waals surface area contributed by atoms with Crippen molar-refractivity contribution in [2.24, 2.45) is 0 Å². The number of aliphatic carboxylic acids is 1. The molecule has 88 valence electrons. The van der Waals surface area contributed by atoms with Gasteiger partial charge < -0.3 is 14.9 Å². The van der Waals surface area contributed by atoms with E-state index >= 15 is 0 Å². The van der Waals surface area contributed by atoms with E-state index in [2.05, 4.69) is 0 Å². The van der Waals surface area contributed by atoms with Gasteiger partial charge in [0.25, 0.3) is 0 Å². The van der Waals surface area contributed by atoms with E-state index < -0.39 is 11.6 Å². The molecule has 5 nitrogen and oxygen atoms in total. The van der Waals surface area contributed by atoms with E-state index in [9.17, 15) is 9.90 Å². The van der Waals surface area contributed by atoms with E-state index in [0.717, 1.165) is 0 Å². The molecule has 3 atom stereocenters. The number of carbonyl (C=O) groups is 1. The molecule has 0 aromatic heterocycles. The second-order valence-electron chi connectivity index (χ2n) is 4.53. The fourth-order valence-corrected chi connectivity index (χ4v) is 1.92. The largest absolute Gasteiger partial charge is 0.479 e. The predicted molar refractivity (Wildman–Crippen MR) is 54.7 cm³/mol. The van der Waals surface area contributed by atoms with Crippen molar-refractivity contribution in [3.05, 3.63) is 0 Å². The first kappa shape index (κ1) is 12.4. The first-order valence-electron chi connectivity index (χ1n) is 5.15. The number of ether oxygens (including phenoxy) is 1. The highest BCUT2D eigenvalue weighted by molar-refractivity contribution is 5.76. The zero-order valence-electron chi connectivity index (χ0n) is 9.43. The molecular weight excluding hydrogens is 198 g/mol. The maximum absolute atomic E-state index is 10.7. The Morgan fingerprint density at radius 2 is 1.93 bits per heavy atom. The molecule has 0 bridgehead atoms. The molecule has 0 aromatic carbocycles. The summed E-state index contributed by atoms with van der Waals surface area (Å²) in [5.74, 6) is -1.19. The first-order valence-corrected chi connectivity index (χ1v) is 5.15. The number of aliphatic hydroxyl groups is 1. The SMILES string of the molecule is CC1CN(CC(C)(O)C(=O)O)CC(C)O1. The molecule has 5 heteroatoms. The molecule has 1 saturated heterocycles. The van der Waals surface area contributed by atoms with Gasteiger partial charge in [0.2, 0.25) is 0 Å². The van der Waals surface area contributed by atoms with Crippen molar-refractivity contribution in [2.45, 2.75) is 38.6 Å². The van der Waals surface area contributed by atoms with Gasteiger partial charge in [0.1, 0.15) is 0 Å². The highest BCUT2D eigenvalue weighted by Gasteiger charge is 2.34. The monoisotopic (exact) mass is 217 g/mol. The van der Waals surface area contributed by atoms with Gasteiger partial charge in [-0.2, -0.15) is 0 Å². The van der Waals surface area contributed by atoms with E-state index in [0.29, 0.717) is 13.1 Å². The Morgan fingerprint density at radius 1 is 1.47 bits per heavy atom. The maximum atomic E-state index is 10.7. The van der Waals surface area contributed by atoms with Crippen molar-refractivity contribution in [2.75, 3.05) is 19.6 Å². The van der Waals surface area contributed by atoms with Crippen LogP contribution in [-0.2, 0) is 9.53 Å². The first-order chi connectivity index (χ1) is 6.81. The minimum Gasteiger partial charge on any atom is -0.479 e. The van der Waals surface area contributed by atoms with Crippen molar-refractivity contribution >= 4 is 5.97 Å². The highest BCUT2D eigenvalue weighted by atomic mass is 16.5. The third-order valence-corrected chi connectivity index (χ3v) is 2.49. The number of β-amino-alcohol motifs (C(OH)–C–C–N with tert-alkyl or cyclic N) is 1. The molecular formula is C10H19NO4. The second-order valence-corrected chi connectivity index (χ2v) is 4.53. The Labute approximate surface area is 89.6 Å². The van der Waals surface area contributed by atoms with Crippen LogP contribution in [0.15, 0.2) is 0 Å². The van der Waals surface area contributed by atoms with Gasteiger partial charge >= 0.3 is 5.97 Å². The van der Waals surface area contributed by atoms with Crippen molar-refractivity contribution in [3.8, 4) is 0 Å². The van der Waals surface area contributed by atoms with Crippen LogP contribution in [0.3, 0.4) is 0 Å². The Bertz CT molecular complexity index is 232. The van der Waals surface area contributed by atoms with E-state index in [4.69, 9.17) is 9.84 Å². The molecule has 0 amide bonds. The van der Waals surface area contributed by atoms with Crippen LogP contribution in [0.25, 0.3) is 0 Å². The average molecular weight is 217 g/mol. The summed E-state index contributed by atoms with van der Waals surface area (Å²) in [7, 11) is 0. The fourth-order valence-electron chi connectivity index (χ4n) is 1.92. The number of carboxylic acid groups (broad SMARTS) is 1. The highest BCUT2D eigenvalue weighted by Crippen LogP contribution is 2.14. The van der Waals surface area contributed by atoms with E-state index in [1.165, 1.54) is 6.92 Å². The molecule has 15 heavy (non-hydrogen) atoms. The number of morpholine rings is 1. The fraction of sp³-hybridized carbons (Fsp3) is 0.900. The average Bonchev–Trinajstić information content (AvgIpc) is 1.99. The Balaban J connectivity index is 2.54. The van der Waals surface area contributed by atoms with Crippen LogP contribution in [0.2, 0.25) is 0 Å². The van der Waals surface area contributed by atoms with Crippen molar-refractivity contribution in [3.63, 3.8) is 0 Å². The van der Waals surface area contributed by atoms with E-state index in [-0.39, 0.29) is 18.8 Å². The molecule has 1 fully saturated rings. The van der Waals surface area contributed by atoms with Gasteiger partial charge in [0.05, 0.1) is 12.2 Å². The smallest absolute Gasteiger partial charge is 0.336 e. The molecule has 0 radical (unpaired) electrons. The number of rotatable bonds is 3. The van der Waals surface area contributed by atoms with Gasteiger partial charge in [-0.25, -0.2) is 4.79 Å². The van der Waals surface area contributed by atoms with Crippen LogP contribution in [-0.4, -0.2) is 58.5 Å². The van der Waals surface area contributed by atoms with Gasteiger partial charge in [0, 0.05) is 19.6 Å². The van der Waals surface area contributed by atoms with Crippen LogP contribution in [0, 0.1) is 0 Å². The quantitative estimate of drug-likeness (QED) is 0.692. The van der Waals surface area contributed by atoms with Gasteiger partial charge in [-0.15, -0.1) is 0 Å². The van der Waals surface area contributed by atoms with Gasteiger partial charge in [-0.05, 0) is 20.8 Å². The van der Waals surface area contributed by atoms with Crippen LogP contribution in [0.1, 0.15) is 20.8 Å². The van der Waals surface area contributed by atoms with Crippen molar-refractivity contribution in [1.82, 2.24) is 4.90 Å². The molecule has 1 aliphatic rings. The standard InChI is InChI=1S/C10H19NO4/c1-7-4-11(5-8(2)15-7)6-10(3,14)9(12)13/h7-8,14H,4-6H2,1-3H3,(H,12,13). The summed E-state index contributed by atoms with van der Waals surface area (Å²) < 4.78 is 5.52. The lowest BCUT2D eigenvalue weighted by Crippen LogP contribution is -2.53. The van der Waals surface area contributed by atoms with E-state index in [1.54, 1.807) is 0 Å². The number of nitrogens with zero attached hydrogens (tertiary/aromatic N) is 1. The summed E-state index contributed by atoms with van der Waals surface area (Å²) in [4.78, 5) is 12.7. The molecule has 3 unspecified atom stereocenters. The van der Waals surface area contributed by atoms with Crippen LogP contribution < -0.4 is 0 Å². The molecule has 0 aromatic rings. The Hall–Kier alpha value is -0.650. The molecule has 1 aliphatic heterocycles. The van der Waals surface area contributed by atoms with E-state index in [1.807, 2.05) is 18.7 Å². The lowest BCUT2D eigenvalue weighted by atomic mass is 10.1. The number of hydrogen-bond donors (Lipinski definition) is 2.